The van der Waals surface area contributed by atoms with Gasteiger partial charge in [-0.15, -0.1) is 0 Å². The molecule has 2 aliphatic rings. The predicted molar refractivity (Wildman–Crippen MR) is 69.5 cm³/mol. The molecule has 3 heteroatoms. The Morgan fingerprint density at radius 2 is 1.94 bits per heavy atom. The van der Waals surface area contributed by atoms with Crippen LogP contribution in [-0.4, -0.2) is 28.3 Å². The predicted octanol–water partition coefficient (Wildman–Crippen LogP) is 2.05. The molecule has 16 heavy (non-hydrogen) atoms. The second-order valence-corrected chi connectivity index (χ2v) is 6.62. The third kappa shape index (κ3) is 1.87. The second kappa shape index (κ2) is 4.11. The molecular weight excluding hydrogens is 216 g/mol. The zero-order valence-electron chi connectivity index (χ0n) is 11.4. The van der Waals surface area contributed by atoms with Gasteiger partial charge in [0.1, 0.15) is 10.5 Å². The van der Waals surface area contributed by atoms with Crippen molar-refractivity contribution in [1.29, 1.82) is 0 Å². The zero-order valence-corrected chi connectivity index (χ0v) is 13.4. The van der Waals surface area contributed by atoms with Crippen molar-refractivity contribution in [3.8, 4) is 0 Å². The average Bonchev–Trinajstić information content (AvgIpc) is 3.05. The number of ether oxygens (including phenoxy) is 1. The van der Waals surface area contributed by atoms with Gasteiger partial charge in [0.15, 0.2) is 0 Å². The number of hydrogen-bond acceptors (Lipinski definition) is 2. The van der Waals surface area contributed by atoms with Gasteiger partial charge in [0.2, 0.25) is 0 Å². The molecule has 0 N–H and O–H groups in total. The van der Waals surface area contributed by atoms with E-state index in [2.05, 4.69) is 27.7 Å². The van der Waals surface area contributed by atoms with Gasteiger partial charge in [-0.3, -0.25) is 0 Å². The van der Waals surface area contributed by atoms with Gasteiger partial charge in [-0.25, -0.2) is 0 Å². The van der Waals surface area contributed by atoms with E-state index in [1.165, 1.54) is 25.7 Å². The Labute approximate surface area is 103 Å². The van der Waals surface area contributed by atoms with Gasteiger partial charge in [0.25, 0.3) is 0 Å². The van der Waals surface area contributed by atoms with Gasteiger partial charge < -0.3 is 9.16 Å². The first-order valence-corrected chi connectivity index (χ1v) is 7.47. The first-order chi connectivity index (χ1) is 7.44. The molecule has 2 rings (SSSR count). The van der Waals surface area contributed by atoms with Crippen LogP contribution in [0.15, 0.2) is 0 Å². The summed E-state index contributed by atoms with van der Waals surface area (Å²) >= 11 is 0. The van der Waals surface area contributed by atoms with Crippen molar-refractivity contribution in [3.63, 3.8) is 0 Å². The molecular formula is C13H26O2Si. The molecule has 0 bridgehead atoms. The van der Waals surface area contributed by atoms with Gasteiger partial charge >= 0.3 is 0 Å². The van der Waals surface area contributed by atoms with Crippen molar-refractivity contribution in [3.05, 3.63) is 0 Å². The zero-order chi connectivity index (χ0) is 12.0. The first-order valence-electron chi connectivity index (χ1n) is 6.65. The summed E-state index contributed by atoms with van der Waals surface area (Å²) in [4.78, 5) is 0. The van der Waals surface area contributed by atoms with Crippen molar-refractivity contribution >= 4 is 10.5 Å². The van der Waals surface area contributed by atoms with Crippen LogP contribution in [0.4, 0.5) is 0 Å². The molecule has 1 heterocycles. The van der Waals surface area contributed by atoms with E-state index in [9.17, 15) is 0 Å². The molecule has 1 aliphatic carbocycles. The molecule has 4 atom stereocenters. The summed E-state index contributed by atoms with van der Waals surface area (Å²) in [6.07, 6.45) is 6.22. The summed E-state index contributed by atoms with van der Waals surface area (Å²) in [7, 11) is 0.827. The number of rotatable bonds is 4. The minimum Gasteiger partial charge on any atom is -0.422 e. The number of hydrogen-bond donors (Lipinski definition) is 0. The smallest absolute Gasteiger partial charge is 0.146 e. The highest BCUT2D eigenvalue weighted by Gasteiger charge is 2.52. The highest BCUT2D eigenvalue weighted by Crippen LogP contribution is 2.52. The van der Waals surface area contributed by atoms with Gasteiger partial charge in [0, 0.05) is 0 Å². The minimum absolute atomic E-state index is 0.0143. The fourth-order valence-electron chi connectivity index (χ4n) is 3.42. The second-order valence-electron chi connectivity index (χ2n) is 6.21. The molecule has 1 saturated heterocycles. The van der Waals surface area contributed by atoms with Crippen LogP contribution in [0, 0.1) is 11.3 Å². The van der Waals surface area contributed by atoms with E-state index < -0.39 is 0 Å². The molecule has 1 aliphatic heterocycles. The summed E-state index contributed by atoms with van der Waals surface area (Å²) in [5, 5.41) is 0. The van der Waals surface area contributed by atoms with E-state index in [1.807, 2.05) is 0 Å². The maximum atomic E-state index is 5.89. The van der Waals surface area contributed by atoms with Crippen LogP contribution >= 0.6 is 0 Å². The lowest BCUT2D eigenvalue weighted by Gasteiger charge is -2.49. The standard InChI is InChI=1S/C13H26O2Si/c1-5-13(4,12(2,3)15-16)9-6-7-10-11(8-9)14-10/h9-11H,5-8H2,1-4,16H3. The van der Waals surface area contributed by atoms with Crippen molar-refractivity contribution in [2.45, 2.75) is 71.2 Å². The Kier molecular flexibility index (Phi) is 3.23. The van der Waals surface area contributed by atoms with E-state index in [0.717, 1.165) is 16.4 Å². The van der Waals surface area contributed by atoms with E-state index >= 15 is 0 Å². The van der Waals surface area contributed by atoms with Crippen LogP contribution in [0.1, 0.15) is 53.4 Å². The molecule has 0 aromatic carbocycles. The Balaban J connectivity index is 2.13. The van der Waals surface area contributed by atoms with Crippen LogP contribution in [-0.2, 0) is 9.16 Å². The highest BCUT2D eigenvalue weighted by molar-refractivity contribution is 5.98. The third-order valence-electron chi connectivity index (χ3n) is 5.53. The molecule has 4 unspecified atom stereocenters. The normalized spacial score (nSPS) is 37.9. The molecule has 2 nitrogen and oxygen atoms in total. The number of epoxide rings is 1. The summed E-state index contributed by atoms with van der Waals surface area (Å²) in [5.74, 6) is 0.769. The Morgan fingerprint density at radius 3 is 2.44 bits per heavy atom. The monoisotopic (exact) mass is 242 g/mol. The average molecular weight is 242 g/mol. The van der Waals surface area contributed by atoms with Gasteiger partial charge in [0.05, 0.1) is 17.8 Å². The Morgan fingerprint density at radius 1 is 1.25 bits per heavy atom. The molecule has 94 valence electrons. The van der Waals surface area contributed by atoms with E-state index in [1.54, 1.807) is 0 Å². The lowest BCUT2D eigenvalue weighted by Crippen LogP contribution is -2.49. The molecule has 0 aromatic heterocycles. The van der Waals surface area contributed by atoms with Crippen molar-refractivity contribution < 1.29 is 9.16 Å². The lowest BCUT2D eigenvalue weighted by molar-refractivity contribution is -0.0666. The van der Waals surface area contributed by atoms with E-state index in [4.69, 9.17) is 9.16 Å². The maximum Gasteiger partial charge on any atom is 0.146 e. The van der Waals surface area contributed by atoms with E-state index in [0.29, 0.717) is 17.6 Å². The van der Waals surface area contributed by atoms with Crippen molar-refractivity contribution in [1.82, 2.24) is 0 Å². The molecule has 0 radical (unpaired) electrons. The summed E-state index contributed by atoms with van der Waals surface area (Å²) in [6, 6.07) is 0. The van der Waals surface area contributed by atoms with Gasteiger partial charge in [-0.2, -0.15) is 0 Å². The van der Waals surface area contributed by atoms with Crippen LogP contribution < -0.4 is 0 Å². The fourth-order valence-corrected chi connectivity index (χ4v) is 3.89. The summed E-state index contributed by atoms with van der Waals surface area (Å²) in [5.41, 5.74) is 0.312. The van der Waals surface area contributed by atoms with Crippen molar-refractivity contribution in [2.75, 3.05) is 0 Å². The molecule has 0 amide bonds. The largest absolute Gasteiger partial charge is 0.422 e. The minimum atomic E-state index is 0.0143. The summed E-state index contributed by atoms with van der Waals surface area (Å²) in [6.45, 7) is 9.26. The van der Waals surface area contributed by atoms with Crippen molar-refractivity contribution in [2.24, 2.45) is 11.3 Å². The third-order valence-corrected chi connectivity index (χ3v) is 6.55. The first kappa shape index (κ1) is 12.6. The topological polar surface area (TPSA) is 21.8 Å². The van der Waals surface area contributed by atoms with Crippen LogP contribution in [0.3, 0.4) is 0 Å². The maximum absolute atomic E-state index is 5.89. The van der Waals surface area contributed by atoms with Crippen LogP contribution in [0.25, 0.3) is 0 Å². The van der Waals surface area contributed by atoms with Gasteiger partial charge in [-0.1, -0.05) is 13.8 Å². The molecule has 0 aromatic rings. The number of fused-ring (bicyclic) bond motifs is 1. The van der Waals surface area contributed by atoms with Gasteiger partial charge in [-0.05, 0) is 50.9 Å². The Hall–Kier alpha value is 0.137. The SMILES string of the molecule is CCC(C)(C1CCC2OC2C1)C(C)(C)O[SiH3]. The Bertz CT molecular complexity index is 267. The molecule has 2 fully saturated rings. The van der Waals surface area contributed by atoms with E-state index in [-0.39, 0.29) is 5.60 Å². The van der Waals surface area contributed by atoms with Crippen LogP contribution in [0.2, 0.25) is 0 Å². The van der Waals surface area contributed by atoms with Crippen LogP contribution in [0.5, 0.6) is 0 Å². The summed E-state index contributed by atoms with van der Waals surface area (Å²) < 4.78 is 11.6. The molecule has 1 saturated carbocycles. The molecule has 0 spiro atoms. The highest BCUT2D eigenvalue weighted by atomic mass is 28.2. The lowest BCUT2D eigenvalue weighted by atomic mass is 9.61. The quantitative estimate of drug-likeness (QED) is 0.556. The fraction of sp³-hybridized carbons (Fsp3) is 1.00.